The normalized spacial score (nSPS) is 25.1. The van der Waals surface area contributed by atoms with Gasteiger partial charge < -0.3 is 9.73 Å². The van der Waals surface area contributed by atoms with Crippen LogP contribution in [0.4, 0.5) is 0 Å². The molecule has 1 aliphatic rings. The van der Waals surface area contributed by atoms with Gasteiger partial charge in [0.2, 0.25) is 0 Å². The number of nitrogens with zero attached hydrogens (tertiary/aromatic N) is 1. The van der Waals surface area contributed by atoms with Gasteiger partial charge in [-0.3, -0.25) is 0 Å². The molecule has 0 aliphatic heterocycles. The van der Waals surface area contributed by atoms with Crippen LogP contribution in [0.15, 0.2) is 15.9 Å². The maximum atomic E-state index is 5.44. The van der Waals surface area contributed by atoms with Crippen molar-refractivity contribution in [2.75, 3.05) is 6.54 Å². The van der Waals surface area contributed by atoms with E-state index in [1.54, 1.807) is 18.0 Å². The largest absolute Gasteiger partial charge is 0.440 e. The minimum absolute atomic E-state index is 0.619. The Balaban J connectivity index is 1.91. The lowest BCUT2D eigenvalue weighted by Gasteiger charge is -2.30. The number of oxazole rings is 1. The minimum Gasteiger partial charge on any atom is -0.440 e. The lowest BCUT2D eigenvalue weighted by atomic mass is 9.95. The lowest BCUT2D eigenvalue weighted by molar-refractivity contribution is 0.380. The van der Waals surface area contributed by atoms with Crippen LogP contribution < -0.4 is 5.32 Å². The molecule has 1 aliphatic carbocycles. The minimum atomic E-state index is 0.619. The number of nitrogens with one attached hydrogen (secondary N) is 1. The third-order valence-electron chi connectivity index (χ3n) is 3.21. The number of hydrogen-bond donors (Lipinski definition) is 1. The van der Waals surface area contributed by atoms with Gasteiger partial charge in [0, 0.05) is 11.3 Å². The summed E-state index contributed by atoms with van der Waals surface area (Å²) in [5.74, 6) is 0. The van der Waals surface area contributed by atoms with Crippen molar-refractivity contribution in [1.29, 1.82) is 0 Å². The van der Waals surface area contributed by atoms with Gasteiger partial charge in [-0.25, -0.2) is 4.98 Å². The highest BCUT2D eigenvalue weighted by molar-refractivity contribution is 7.99. The molecule has 0 amide bonds. The van der Waals surface area contributed by atoms with E-state index < -0.39 is 0 Å². The summed E-state index contributed by atoms with van der Waals surface area (Å²) in [4.78, 5) is 4.39. The molecule has 2 rings (SSSR count). The highest BCUT2D eigenvalue weighted by Crippen LogP contribution is 2.33. The van der Waals surface area contributed by atoms with Crippen molar-refractivity contribution < 1.29 is 4.42 Å². The summed E-state index contributed by atoms with van der Waals surface area (Å²) in [6, 6.07) is 0.626. The van der Waals surface area contributed by atoms with Crippen molar-refractivity contribution in [3.63, 3.8) is 0 Å². The van der Waals surface area contributed by atoms with Gasteiger partial charge in [-0.2, -0.15) is 0 Å². The molecule has 1 aromatic rings. The second-order valence-corrected chi connectivity index (χ2v) is 5.95. The van der Waals surface area contributed by atoms with Gasteiger partial charge >= 0.3 is 0 Å². The molecule has 2 unspecified atom stereocenters. The van der Waals surface area contributed by atoms with Crippen LogP contribution in [-0.2, 0) is 0 Å². The first-order valence-corrected chi connectivity index (χ1v) is 7.49. The molecule has 0 aromatic carbocycles. The standard InChI is InChI=1S/C13H22N2OS/c1-3-8-14-11-6-4-5-7-12(11)17-13-15-10(2)9-16-13/h9,11-12,14H,3-8H2,1-2H3. The van der Waals surface area contributed by atoms with Crippen molar-refractivity contribution in [2.24, 2.45) is 0 Å². The number of rotatable bonds is 5. The average molecular weight is 254 g/mol. The van der Waals surface area contributed by atoms with E-state index in [1.807, 2.05) is 6.92 Å². The third-order valence-corrected chi connectivity index (χ3v) is 4.47. The number of hydrogen-bond acceptors (Lipinski definition) is 4. The predicted octanol–water partition coefficient (Wildman–Crippen LogP) is 3.39. The van der Waals surface area contributed by atoms with Crippen LogP contribution in [0, 0.1) is 6.92 Å². The van der Waals surface area contributed by atoms with Crippen LogP contribution in [0.5, 0.6) is 0 Å². The fourth-order valence-corrected chi connectivity index (χ4v) is 3.56. The second-order valence-electron chi connectivity index (χ2n) is 4.76. The zero-order chi connectivity index (χ0) is 12.1. The maximum absolute atomic E-state index is 5.44. The molecular formula is C13H22N2OS. The van der Waals surface area contributed by atoms with Gasteiger partial charge in [0.25, 0.3) is 5.22 Å². The van der Waals surface area contributed by atoms with Crippen LogP contribution in [0.3, 0.4) is 0 Å². The van der Waals surface area contributed by atoms with Crippen LogP contribution in [0.1, 0.15) is 44.7 Å². The van der Waals surface area contributed by atoms with Gasteiger partial charge in [-0.05, 0) is 32.7 Å². The second kappa shape index (κ2) is 6.45. The van der Waals surface area contributed by atoms with Crippen molar-refractivity contribution in [3.05, 3.63) is 12.0 Å². The Morgan fingerprint density at radius 3 is 3.00 bits per heavy atom. The van der Waals surface area contributed by atoms with Crippen molar-refractivity contribution in [2.45, 2.75) is 62.5 Å². The topological polar surface area (TPSA) is 38.1 Å². The van der Waals surface area contributed by atoms with Gasteiger partial charge in [0.05, 0.1) is 5.69 Å². The van der Waals surface area contributed by atoms with Crippen LogP contribution >= 0.6 is 11.8 Å². The zero-order valence-corrected chi connectivity index (χ0v) is 11.6. The molecule has 0 radical (unpaired) electrons. The van der Waals surface area contributed by atoms with Gasteiger partial charge in [0.15, 0.2) is 0 Å². The molecule has 1 saturated carbocycles. The molecule has 0 bridgehead atoms. The molecule has 17 heavy (non-hydrogen) atoms. The Morgan fingerprint density at radius 2 is 2.29 bits per heavy atom. The van der Waals surface area contributed by atoms with Crippen molar-refractivity contribution >= 4 is 11.8 Å². The fraction of sp³-hybridized carbons (Fsp3) is 0.769. The van der Waals surface area contributed by atoms with Crippen molar-refractivity contribution in [1.82, 2.24) is 10.3 Å². The van der Waals surface area contributed by atoms with E-state index in [0.29, 0.717) is 11.3 Å². The molecule has 3 nitrogen and oxygen atoms in total. The van der Waals surface area contributed by atoms with Crippen LogP contribution in [0.2, 0.25) is 0 Å². The summed E-state index contributed by atoms with van der Waals surface area (Å²) in [5.41, 5.74) is 0.973. The number of aromatic nitrogens is 1. The molecule has 4 heteroatoms. The number of thioether (sulfide) groups is 1. The number of aryl methyl sites for hydroxylation is 1. The van der Waals surface area contributed by atoms with Gasteiger partial charge in [-0.1, -0.05) is 31.5 Å². The first-order valence-electron chi connectivity index (χ1n) is 6.61. The Kier molecular flexibility index (Phi) is 4.92. The van der Waals surface area contributed by atoms with Gasteiger partial charge in [0.1, 0.15) is 6.26 Å². The molecule has 0 spiro atoms. The summed E-state index contributed by atoms with van der Waals surface area (Å²) in [6.45, 7) is 5.31. The first kappa shape index (κ1) is 13.0. The molecule has 2 atom stereocenters. The molecule has 0 saturated heterocycles. The van der Waals surface area contributed by atoms with E-state index >= 15 is 0 Å². The smallest absolute Gasteiger partial charge is 0.256 e. The maximum Gasteiger partial charge on any atom is 0.256 e. The molecule has 1 heterocycles. The lowest BCUT2D eigenvalue weighted by Crippen LogP contribution is -2.40. The zero-order valence-electron chi connectivity index (χ0n) is 10.7. The summed E-state index contributed by atoms with van der Waals surface area (Å²) in [6.07, 6.45) is 8.18. The molecule has 1 aromatic heterocycles. The summed E-state index contributed by atoms with van der Waals surface area (Å²) < 4.78 is 5.44. The Bertz CT molecular complexity index is 340. The van der Waals surface area contributed by atoms with E-state index in [0.717, 1.165) is 17.5 Å². The Hall–Kier alpha value is -0.480. The van der Waals surface area contributed by atoms with E-state index in [-0.39, 0.29) is 0 Å². The molecule has 1 fully saturated rings. The van der Waals surface area contributed by atoms with E-state index in [9.17, 15) is 0 Å². The quantitative estimate of drug-likeness (QED) is 0.874. The predicted molar refractivity (Wildman–Crippen MR) is 71.4 cm³/mol. The van der Waals surface area contributed by atoms with Crippen LogP contribution in [0.25, 0.3) is 0 Å². The van der Waals surface area contributed by atoms with E-state index in [2.05, 4.69) is 17.2 Å². The first-order chi connectivity index (χ1) is 8.29. The highest BCUT2D eigenvalue weighted by Gasteiger charge is 2.26. The van der Waals surface area contributed by atoms with Crippen molar-refractivity contribution in [3.8, 4) is 0 Å². The summed E-state index contributed by atoms with van der Waals surface area (Å²) in [5, 5.41) is 5.11. The van der Waals surface area contributed by atoms with Crippen LogP contribution in [-0.4, -0.2) is 22.8 Å². The SMILES string of the molecule is CCCNC1CCCCC1Sc1nc(C)co1. The molecule has 1 N–H and O–H groups in total. The average Bonchev–Trinajstić information content (AvgIpc) is 2.74. The Labute approximate surface area is 108 Å². The van der Waals surface area contributed by atoms with E-state index in [4.69, 9.17) is 4.42 Å². The monoisotopic (exact) mass is 254 g/mol. The van der Waals surface area contributed by atoms with E-state index in [1.165, 1.54) is 32.1 Å². The fourth-order valence-electron chi connectivity index (χ4n) is 2.32. The third kappa shape index (κ3) is 3.75. The summed E-state index contributed by atoms with van der Waals surface area (Å²) in [7, 11) is 0. The highest BCUT2D eigenvalue weighted by atomic mass is 32.2. The molecular weight excluding hydrogens is 232 g/mol. The Morgan fingerprint density at radius 1 is 1.47 bits per heavy atom. The van der Waals surface area contributed by atoms with Gasteiger partial charge in [-0.15, -0.1) is 0 Å². The summed E-state index contributed by atoms with van der Waals surface area (Å²) >= 11 is 1.80. The molecule has 96 valence electrons.